The Bertz CT molecular complexity index is 1120. The van der Waals surface area contributed by atoms with Gasteiger partial charge in [0.2, 0.25) is 0 Å². The van der Waals surface area contributed by atoms with Gasteiger partial charge >= 0.3 is 6.18 Å². The van der Waals surface area contributed by atoms with Crippen molar-refractivity contribution in [2.24, 2.45) is 0 Å². The Labute approximate surface area is 180 Å². The lowest BCUT2D eigenvalue weighted by Crippen LogP contribution is -2.62. The molecule has 2 saturated carbocycles. The number of benzene rings is 1. The molecule has 0 spiro atoms. The van der Waals surface area contributed by atoms with Crippen LogP contribution in [-0.4, -0.2) is 27.7 Å². The first kappa shape index (κ1) is 20.2. The van der Waals surface area contributed by atoms with Crippen molar-refractivity contribution in [3.63, 3.8) is 0 Å². The van der Waals surface area contributed by atoms with Gasteiger partial charge in [-0.25, -0.2) is 0 Å². The Kier molecular flexibility index (Phi) is 4.69. The second kappa shape index (κ2) is 7.19. The number of rotatable bonds is 3. The third-order valence-electron chi connectivity index (χ3n) is 7.40. The van der Waals surface area contributed by atoms with Gasteiger partial charge in [-0.2, -0.15) is 18.4 Å². The fourth-order valence-corrected chi connectivity index (χ4v) is 5.67. The van der Waals surface area contributed by atoms with E-state index in [-0.39, 0.29) is 25.4 Å². The zero-order chi connectivity index (χ0) is 21.8. The molecule has 0 bridgehead atoms. The largest absolute Gasteiger partial charge is 0.411 e. The molecule has 162 valence electrons. The van der Waals surface area contributed by atoms with Gasteiger partial charge in [-0.1, -0.05) is 37.1 Å². The molecule has 2 aliphatic carbocycles. The molecule has 0 amide bonds. The summed E-state index contributed by atoms with van der Waals surface area (Å²) in [7, 11) is 0. The van der Waals surface area contributed by atoms with E-state index in [9.17, 15) is 18.4 Å². The molecule has 1 aromatic heterocycles. The third kappa shape index (κ3) is 2.93. The average molecular weight is 425 g/mol. The molecule has 3 aliphatic rings. The van der Waals surface area contributed by atoms with E-state index < -0.39 is 11.7 Å². The highest BCUT2D eigenvalue weighted by Crippen LogP contribution is 2.53. The summed E-state index contributed by atoms with van der Waals surface area (Å²) in [5.74, 6) is 0. The molecule has 3 nitrogen and oxygen atoms in total. The average Bonchev–Trinajstić information content (AvgIpc) is 3.31. The van der Waals surface area contributed by atoms with Gasteiger partial charge in [-0.3, -0.25) is 0 Å². The number of allylic oxidation sites excluding steroid dienone is 2. The van der Waals surface area contributed by atoms with Crippen molar-refractivity contribution >= 4 is 16.6 Å². The summed E-state index contributed by atoms with van der Waals surface area (Å²) >= 11 is 0. The van der Waals surface area contributed by atoms with E-state index in [1.807, 2.05) is 25.1 Å². The van der Waals surface area contributed by atoms with Crippen LogP contribution in [0.25, 0.3) is 16.6 Å². The van der Waals surface area contributed by atoms with E-state index in [2.05, 4.69) is 16.7 Å². The number of hydrogen-bond donors (Lipinski definition) is 0. The van der Waals surface area contributed by atoms with Gasteiger partial charge in [-0.05, 0) is 56.7 Å². The second-order valence-corrected chi connectivity index (χ2v) is 9.14. The summed E-state index contributed by atoms with van der Waals surface area (Å²) in [4.78, 5) is 1.53. The predicted molar refractivity (Wildman–Crippen MR) is 115 cm³/mol. The molecule has 0 radical (unpaired) electrons. The maximum atomic E-state index is 14.3. The van der Waals surface area contributed by atoms with Crippen molar-refractivity contribution in [3.05, 3.63) is 53.2 Å². The Morgan fingerprint density at radius 1 is 1.13 bits per heavy atom. The van der Waals surface area contributed by atoms with Crippen LogP contribution in [-0.2, 0) is 0 Å². The number of nitriles is 1. The number of alkyl halides is 3. The quantitative estimate of drug-likeness (QED) is 0.552. The van der Waals surface area contributed by atoms with Crippen LogP contribution in [0.1, 0.15) is 67.8 Å². The minimum absolute atomic E-state index is 0.104. The topological polar surface area (TPSA) is 32.0 Å². The first-order valence-electron chi connectivity index (χ1n) is 11.1. The lowest BCUT2D eigenvalue weighted by atomic mass is 9.73. The molecule has 0 saturated heterocycles. The van der Waals surface area contributed by atoms with Crippen molar-refractivity contribution in [3.8, 4) is 6.07 Å². The van der Waals surface area contributed by atoms with Gasteiger partial charge < -0.3 is 9.47 Å². The first-order valence-corrected chi connectivity index (χ1v) is 11.1. The van der Waals surface area contributed by atoms with Crippen LogP contribution in [0.15, 0.2) is 36.4 Å². The van der Waals surface area contributed by atoms with Gasteiger partial charge in [0.15, 0.2) is 0 Å². The number of hydrogen-bond acceptors (Lipinski definition) is 2. The summed E-state index contributed by atoms with van der Waals surface area (Å²) in [5, 5.41) is 11.0. The van der Waals surface area contributed by atoms with Gasteiger partial charge in [0.1, 0.15) is 11.6 Å². The summed E-state index contributed by atoms with van der Waals surface area (Å²) in [5.41, 5.74) is 1.89. The van der Waals surface area contributed by atoms with Crippen LogP contribution in [0.3, 0.4) is 0 Å². The Hall–Kier alpha value is -2.68. The molecule has 0 unspecified atom stereocenters. The van der Waals surface area contributed by atoms with E-state index in [1.54, 1.807) is 12.2 Å². The SMILES string of the molecule is Cc1ccc2c(C#N)c(C3=CC=CCN3C3(C(F)(F)F)CCC3)n(C3CCCC3)c2c1. The molecular formula is C25H26F3N3. The maximum absolute atomic E-state index is 14.3. The van der Waals surface area contributed by atoms with Crippen molar-refractivity contribution in [2.75, 3.05) is 6.54 Å². The molecule has 1 aliphatic heterocycles. The molecule has 5 rings (SSSR count). The predicted octanol–water partition coefficient (Wildman–Crippen LogP) is 6.63. The van der Waals surface area contributed by atoms with Gasteiger partial charge in [0.05, 0.1) is 22.5 Å². The highest BCUT2D eigenvalue weighted by molar-refractivity contribution is 5.93. The van der Waals surface area contributed by atoms with Crippen molar-refractivity contribution in [1.82, 2.24) is 9.47 Å². The minimum atomic E-state index is -4.32. The molecule has 6 heteroatoms. The number of fused-ring (bicyclic) bond motifs is 1. The lowest BCUT2D eigenvalue weighted by Gasteiger charge is -2.53. The van der Waals surface area contributed by atoms with E-state index >= 15 is 0 Å². The summed E-state index contributed by atoms with van der Waals surface area (Å²) < 4.78 is 45.1. The lowest BCUT2D eigenvalue weighted by molar-refractivity contribution is -0.245. The monoisotopic (exact) mass is 425 g/mol. The second-order valence-electron chi connectivity index (χ2n) is 9.14. The molecule has 0 atom stereocenters. The highest BCUT2D eigenvalue weighted by Gasteiger charge is 2.62. The van der Waals surface area contributed by atoms with Crippen LogP contribution in [0.4, 0.5) is 13.2 Å². The van der Waals surface area contributed by atoms with E-state index in [1.165, 1.54) is 4.90 Å². The number of aryl methyl sites for hydroxylation is 1. The number of halogens is 3. The maximum Gasteiger partial charge on any atom is 0.411 e. The Morgan fingerprint density at radius 3 is 2.48 bits per heavy atom. The molecule has 1 aromatic carbocycles. The van der Waals surface area contributed by atoms with Crippen LogP contribution >= 0.6 is 0 Å². The zero-order valence-corrected chi connectivity index (χ0v) is 17.7. The fraction of sp³-hybridized carbons (Fsp3) is 0.480. The van der Waals surface area contributed by atoms with Crippen molar-refractivity contribution in [1.29, 1.82) is 5.26 Å². The smallest absolute Gasteiger partial charge is 0.352 e. The first-order chi connectivity index (χ1) is 14.9. The molecule has 2 aromatic rings. The van der Waals surface area contributed by atoms with Crippen LogP contribution < -0.4 is 0 Å². The van der Waals surface area contributed by atoms with Gasteiger partial charge in [0, 0.05) is 18.0 Å². The van der Waals surface area contributed by atoms with Crippen LogP contribution in [0.5, 0.6) is 0 Å². The fourth-order valence-electron chi connectivity index (χ4n) is 5.67. The molecule has 2 fully saturated rings. The minimum Gasteiger partial charge on any atom is -0.352 e. The number of nitrogens with zero attached hydrogens (tertiary/aromatic N) is 3. The summed E-state index contributed by atoms with van der Waals surface area (Å²) in [6.45, 7) is 2.22. The van der Waals surface area contributed by atoms with Gasteiger partial charge in [0.25, 0.3) is 0 Å². The summed E-state index contributed by atoms with van der Waals surface area (Å²) in [6, 6.07) is 8.56. The molecule has 31 heavy (non-hydrogen) atoms. The standard InChI is InChI=1S/C25H26F3N3/c1-17-10-11-19-20(16-29)23(31(22(19)15-17)18-7-2-3-8-18)21-9-4-5-14-30(21)24(12-6-13-24)25(26,27)28/h4-5,9-11,15,18H,2-3,6-8,12-14H2,1H3. The van der Waals surface area contributed by atoms with E-state index in [0.29, 0.717) is 23.4 Å². The highest BCUT2D eigenvalue weighted by atomic mass is 19.4. The Morgan fingerprint density at radius 2 is 1.87 bits per heavy atom. The molecule has 0 N–H and O–H groups in total. The van der Waals surface area contributed by atoms with E-state index in [4.69, 9.17) is 0 Å². The van der Waals surface area contributed by atoms with Crippen LogP contribution in [0, 0.1) is 18.3 Å². The summed E-state index contributed by atoms with van der Waals surface area (Å²) in [6.07, 6.45) is 6.05. The zero-order valence-electron chi connectivity index (χ0n) is 17.7. The molecular weight excluding hydrogens is 399 g/mol. The van der Waals surface area contributed by atoms with E-state index in [0.717, 1.165) is 42.1 Å². The van der Waals surface area contributed by atoms with Crippen molar-refractivity contribution in [2.45, 2.75) is 69.6 Å². The third-order valence-corrected chi connectivity index (χ3v) is 7.40. The molecule has 2 heterocycles. The normalized spacial score (nSPS) is 21.3. The number of aromatic nitrogens is 1. The van der Waals surface area contributed by atoms with Crippen LogP contribution in [0.2, 0.25) is 0 Å². The Balaban J connectivity index is 1.77. The van der Waals surface area contributed by atoms with Crippen molar-refractivity contribution < 1.29 is 13.2 Å². The van der Waals surface area contributed by atoms with Gasteiger partial charge in [-0.15, -0.1) is 0 Å².